The molecule has 1 aromatic heterocycles. The van der Waals surface area contributed by atoms with Crippen LogP contribution in [0.15, 0.2) is 12.1 Å². The van der Waals surface area contributed by atoms with Crippen molar-refractivity contribution in [2.75, 3.05) is 0 Å². The van der Waals surface area contributed by atoms with Crippen molar-refractivity contribution in [2.45, 2.75) is 38.5 Å². The number of carbonyl (C=O) groups excluding carboxylic acids is 1. The monoisotopic (exact) mass is 305 g/mol. The van der Waals surface area contributed by atoms with Crippen molar-refractivity contribution < 1.29 is 23.4 Å². The summed E-state index contributed by atoms with van der Waals surface area (Å²) < 4.78 is 25.5. The molecule has 20 heavy (non-hydrogen) atoms. The van der Waals surface area contributed by atoms with Crippen molar-refractivity contribution in [2.24, 2.45) is 5.92 Å². The molecule has 0 N–H and O–H groups in total. The average molecular weight is 306 g/mol. The van der Waals surface area contributed by atoms with E-state index < -0.39 is 18.1 Å². The van der Waals surface area contributed by atoms with Gasteiger partial charge >= 0.3 is 5.97 Å². The number of alkyl halides is 2. The zero-order chi connectivity index (χ0) is 14.5. The highest BCUT2D eigenvalue weighted by Crippen LogP contribution is 2.30. The third-order valence-corrected chi connectivity index (χ3v) is 3.42. The van der Waals surface area contributed by atoms with E-state index in [1.54, 1.807) is 0 Å². The van der Waals surface area contributed by atoms with Gasteiger partial charge in [-0.3, -0.25) is 9.78 Å². The van der Waals surface area contributed by atoms with Gasteiger partial charge < -0.3 is 0 Å². The van der Waals surface area contributed by atoms with E-state index in [1.807, 2.05) is 0 Å². The zero-order valence-electron chi connectivity index (χ0n) is 10.7. The average Bonchev–Trinajstić information content (AvgIpc) is 2.46. The van der Waals surface area contributed by atoms with Crippen LogP contribution in [-0.2, 0) is 9.68 Å². The third-order valence-electron chi connectivity index (χ3n) is 3.21. The van der Waals surface area contributed by atoms with Crippen molar-refractivity contribution in [1.29, 1.82) is 0 Å². The Morgan fingerprint density at radius 1 is 1.30 bits per heavy atom. The number of aromatic nitrogens is 1. The van der Waals surface area contributed by atoms with Gasteiger partial charge in [0.1, 0.15) is 5.15 Å². The molecule has 0 amide bonds. The quantitative estimate of drug-likeness (QED) is 0.477. The lowest BCUT2D eigenvalue weighted by atomic mass is 9.89. The number of carbonyl (C=O) groups is 1. The van der Waals surface area contributed by atoms with Gasteiger partial charge in [0.05, 0.1) is 5.92 Å². The highest BCUT2D eigenvalue weighted by molar-refractivity contribution is 6.29. The second-order valence-corrected chi connectivity index (χ2v) is 5.03. The number of pyridine rings is 1. The predicted octanol–water partition coefficient (Wildman–Crippen LogP) is 4.09. The molecule has 1 heterocycles. The highest BCUT2D eigenvalue weighted by Gasteiger charge is 2.25. The van der Waals surface area contributed by atoms with Crippen LogP contribution in [0.4, 0.5) is 8.78 Å². The van der Waals surface area contributed by atoms with Gasteiger partial charge in [0.2, 0.25) is 5.75 Å². The van der Waals surface area contributed by atoms with Gasteiger partial charge in [-0.25, -0.2) is 18.6 Å². The number of nitrogens with zero attached hydrogens (tertiary/aromatic N) is 1. The Morgan fingerprint density at radius 2 is 2.00 bits per heavy atom. The smallest absolute Gasteiger partial charge is 0.285 e. The Bertz CT molecular complexity index is 479. The fourth-order valence-corrected chi connectivity index (χ4v) is 2.31. The largest absolute Gasteiger partial charge is 0.358 e. The van der Waals surface area contributed by atoms with Crippen molar-refractivity contribution in [3.05, 3.63) is 23.0 Å². The van der Waals surface area contributed by atoms with Gasteiger partial charge in [-0.15, -0.1) is 0 Å². The summed E-state index contributed by atoms with van der Waals surface area (Å²) in [5.41, 5.74) is -0.644. The summed E-state index contributed by atoms with van der Waals surface area (Å²) in [6.45, 7) is 0. The molecule has 0 radical (unpaired) electrons. The van der Waals surface area contributed by atoms with Crippen LogP contribution in [0.3, 0.4) is 0 Å². The molecule has 0 saturated heterocycles. The van der Waals surface area contributed by atoms with Crippen LogP contribution in [-0.4, -0.2) is 11.0 Å². The lowest BCUT2D eigenvalue weighted by molar-refractivity contribution is -0.220. The maximum atomic E-state index is 12.7. The molecule has 1 aliphatic rings. The Morgan fingerprint density at radius 3 is 2.65 bits per heavy atom. The van der Waals surface area contributed by atoms with Crippen LogP contribution in [0.2, 0.25) is 5.15 Å². The molecule has 0 aliphatic heterocycles. The van der Waals surface area contributed by atoms with Gasteiger partial charge in [0, 0.05) is 0 Å². The van der Waals surface area contributed by atoms with Crippen LogP contribution < -0.4 is 4.89 Å². The molecule has 1 aliphatic carbocycles. The Labute approximate surface area is 120 Å². The molecule has 1 fully saturated rings. The first-order chi connectivity index (χ1) is 9.58. The normalized spacial score (nSPS) is 16.2. The number of hydrogen-bond donors (Lipinski definition) is 0. The van der Waals surface area contributed by atoms with E-state index in [-0.39, 0.29) is 16.8 Å². The minimum absolute atomic E-state index is 0.0775. The first-order valence-corrected chi connectivity index (χ1v) is 6.78. The second-order valence-electron chi connectivity index (χ2n) is 4.64. The molecule has 2 rings (SSSR count). The van der Waals surface area contributed by atoms with Crippen molar-refractivity contribution >= 4 is 17.6 Å². The fourth-order valence-electron chi connectivity index (χ4n) is 2.16. The fraction of sp³-hybridized carbons (Fsp3) is 0.538. The molecule has 110 valence electrons. The van der Waals surface area contributed by atoms with E-state index in [2.05, 4.69) is 9.87 Å². The topological polar surface area (TPSA) is 48.4 Å². The maximum Gasteiger partial charge on any atom is 0.358 e. The minimum atomic E-state index is -2.86. The van der Waals surface area contributed by atoms with Gasteiger partial charge in [0.15, 0.2) is 5.69 Å². The standard InChI is InChI=1S/C13H14ClF2NO3/c14-10-7-6-9(11(17-10)12(15)16)19-20-13(18)8-4-2-1-3-5-8/h6-8,12H,1-5H2. The summed E-state index contributed by atoms with van der Waals surface area (Å²) in [6, 6.07) is 2.49. The molecule has 0 aromatic carbocycles. The van der Waals surface area contributed by atoms with Crippen LogP contribution in [0, 0.1) is 5.92 Å². The van der Waals surface area contributed by atoms with Crippen molar-refractivity contribution in [3.63, 3.8) is 0 Å². The van der Waals surface area contributed by atoms with Crippen LogP contribution in [0.5, 0.6) is 5.75 Å². The van der Waals surface area contributed by atoms with E-state index in [0.29, 0.717) is 0 Å². The van der Waals surface area contributed by atoms with Gasteiger partial charge in [-0.05, 0) is 25.0 Å². The van der Waals surface area contributed by atoms with E-state index in [9.17, 15) is 13.6 Å². The molecule has 0 unspecified atom stereocenters. The highest BCUT2D eigenvalue weighted by atomic mass is 35.5. The Kier molecular flexibility index (Phi) is 5.11. The number of rotatable bonds is 4. The summed E-state index contributed by atoms with van der Waals surface area (Å²) in [6.07, 6.45) is 1.64. The first kappa shape index (κ1) is 15.0. The molecular formula is C13H14ClF2NO3. The molecule has 0 bridgehead atoms. The molecule has 1 aromatic rings. The summed E-state index contributed by atoms with van der Waals surface area (Å²) in [7, 11) is 0. The van der Waals surface area contributed by atoms with Gasteiger partial charge in [-0.2, -0.15) is 0 Å². The molecule has 4 nitrogen and oxygen atoms in total. The number of hydrogen-bond acceptors (Lipinski definition) is 4. The summed E-state index contributed by atoms with van der Waals surface area (Å²) in [5.74, 6) is -1.05. The van der Waals surface area contributed by atoms with Gasteiger partial charge in [0.25, 0.3) is 6.43 Å². The second kappa shape index (κ2) is 6.83. The minimum Gasteiger partial charge on any atom is -0.285 e. The van der Waals surface area contributed by atoms with Crippen molar-refractivity contribution in [3.8, 4) is 5.75 Å². The Hall–Kier alpha value is -1.43. The molecule has 1 saturated carbocycles. The van der Waals surface area contributed by atoms with E-state index >= 15 is 0 Å². The molecule has 0 spiro atoms. The van der Waals surface area contributed by atoms with E-state index in [4.69, 9.17) is 16.5 Å². The van der Waals surface area contributed by atoms with Crippen molar-refractivity contribution in [1.82, 2.24) is 4.98 Å². The summed E-state index contributed by atoms with van der Waals surface area (Å²) in [5, 5.41) is -0.0775. The lowest BCUT2D eigenvalue weighted by Crippen LogP contribution is -2.22. The summed E-state index contributed by atoms with van der Waals surface area (Å²) in [4.78, 5) is 24.6. The maximum absolute atomic E-state index is 12.7. The molecule has 0 atom stereocenters. The van der Waals surface area contributed by atoms with Crippen LogP contribution in [0.25, 0.3) is 0 Å². The third kappa shape index (κ3) is 3.79. The first-order valence-electron chi connectivity index (χ1n) is 6.41. The predicted molar refractivity (Wildman–Crippen MR) is 67.5 cm³/mol. The van der Waals surface area contributed by atoms with Crippen LogP contribution >= 0.6 is 11.6 Å². The zero-order valence-corrected chi connectivity index (χ0v) is 11.4. The van der Waals surface area contributed by atoms with Gasteiger partial charge in [-0.1, -0.05) is 30.9 Å². The lowest BCUT2D eigenvalue weighted by Gasteiger charge is -2.19. The SMILES string of the molecule is O=C(OOc1ccc(Cl)nc1C(F)F)C1CCCCC1. The Balaban J connectivity index is 1.98. The van der Waals surface area contributed by atoms with Crippen LogP contribution in [0.1, 0.15) is 44.2 Å². The molecular weight excluding hydrogens is 292 g/mol. The van der Waals surface area contributed by atoms with E-state index in [0.717, 1.165) is 32.1 Å². The molecule has 7 heteroatoms. The summed E-state index contributed by atoms with van der Waals surface area (Å²) >= 11 is 5.54. The number of halogens is 3. The van der Waals surface area contributed by atoms with E-state index in [1.165, 1.54) is 12.1 Å².